The van der Waals surface area contributed by atoms with Crippen LogP contribution in [0.3, 0.4) is 0 Å². The number of hydrogen-bond acceptors (Lipinski definition) is 5. The van der Waals surface area contributed by atoms with Crippen molar-refractivity contribution in [3.63, 3.8) is 0 Å². The monoisotopic (exact) mass is 568 g/mol. The van der Waals surface area contributed by atoms with Crippen LogP contribution in [-0.4, -0.2) is 40.6 Å². The van der Waals surface area contributed by atoms with Crippen molar-refractivity contribution in [2.75, 3.05) is 6.61 Å². The van der Waals surface area contributed by atoms with Gasteiger partial charge in [-0.15, -0.1) is 0 Å². The van der Waals surface area contributed by atoms with E-state index in [1.807, 2.05) is 6.92 Å². The van der Waals surface area contributed by atoms with Gasteiger partial charge < -0.3 is 19.7 Å². The summed E-state index contributed by atoms with van der Waals surface area (Å²) in [5.41, 5.74) is 0.153. The van der Waals surface area contributed by atoms with Crippen LogP contribution in [0.25, 0.3) is 0 Å². The van der Waals surface area contributed by atoms with Crippen molar-refractivity contribution in [1.29, 1.82) is 0 Å². The van der Waals surface area contributed by atoms with E-state index < -0.39 is 29.2 Å². The molecule has 6 nitrogen and oxygen atoms in total. The van der Waals surface area contributed by atoms with Crippen molar-refractivity contribution in [2.24, 2.45) is 50.2 Å². The maximum atomic E-state index is 13.4. The van der Waals surface area contributed by atoms with Gasteiger partial charge in [0.2, 0.25) is 0 Å². The Balaban J connectivity index is 1.44. The highest BCUT2D eigenvalue weighted by molar-refractivity contribution is 5.88. The van der Waals surface area contributed by atoms with Crippen LogP contribution < -0.4 is 0 Å². The molecule has 7 aliphatic rings. The SMILES string of the molecule is C/C=C(/C)C(=O)O[C@@H]1CC(C)(C)C[C@H]2C3=CC[C@@H]4[C@]56CC[C@](O)(OC5)C(C)(C)[C@@H]6CC[C@@]4(C)[C@]3(C)CC[C@@]12C(=O)O. The Morgan fingerprint density at radius 2 is 1.71 bits per heavy atom. The van der Waals surface area contributed by atoms with Crippen molar-refractivity contribution in [2.45, 2.75) is 125 Å². The van der Waals surface area contributed by atoms with Crippen LogP contribution in [0.5, 0.6) is 0 Å². The number of esters is 1. The number of hydrogen-bond donors (Lipinski definition) is 2. The number of carbonyl (C=O) groups excluding carboxylic acids is 1. The van der Waals surface area contributed by atoms with Crippen molar-refractivity contribution in [1.82, 2.24) is 0 Å². The second kappa shape index (κ2) is 8.71. The van der Waals surface area contributed by atoms with Crippen LogP contribution >= 0.6 is 0 Å². The molecule has 5 aliphatic carbocycles. The van der Waals surface area contributed by atoms with Gasteiger partial charge in [0, 0.05) is 28.7 Å². The van der Waals surface area contributed by atoms with Crippen molar-refractivity contribution in [3.05, 3.63) is 23.3 Å². The first-order chi connectivity index (χ1) is 18.9. The van der Waals surface area contributed by atoms with Crippen molar-refractivity contribution < 1.29 is 29.3 Å². The zero-order chi connectivity index (χ0) is 30.0. The first-order valence-electron chi connectivity index (χ1n) is 16.1. The molecule has 0 unspecified atom stereocenters. The number of carboxylic acids is 1. The Morgan fingerprint density at radius 3 is 2.32 bits per heavy atom. The van der Waals surface area contributed by atoms with E-state index in [9.17, 15) is 19.8 Å². The molecule has 2 aliphatic heterocycles. The number of allylic oxidation sites excluding steroid dienone is 3. The van der Waals surface area contributed by atoms with E-state index in [1.54, 1.807) is 13.0 Å². The highest BCUT2D eigenvalue weighted by atomic mass is 16.6. The molecule has 0 aromatic rings. The number of rotatable bonds is 3. The lowest BCUT2D eigenvalue weighted by molar-refractivity contribution is -0.395. The molecule has 7 rings (SSSR count). The highest BCUT2D eigenvalue weighted by Crippen LogP contribution is 2.78. The summed E-state index contributed by atoms with van der Waals surface area (Å²) >= 11 is 0. The summed E-state index contributed by atoms with van der Waals surface area (Å²) < 4.78 is 12.5. The molecule has 0 amide bonds. The molecule has 6 heteroatoms. The number of aliphatic carboxylic acids is 1. The number of carbonyl (C=O) groups is 2. The summed E-state index contributed by atoms with van der Waals surface area (Å²) in [6.45, 7) is 17.9. The fraction of sp³-hybridized carbons (Fsp3) is 0.829. The summed E-state index contributed by atoms with van der Waals surface area (Å²) in [6, 6.07) is 0. The number of aliphatic hydroxyl groups is 1. The molecule has 41 heavy (non-hydrogen) atoms. The van der Waals surface area contributed by atoms with Crippen LogP contribution in [0.1, 0.15) is 113 Å². The topological polar surface area (TPSA) is 93.1 Å². The van der Waals surface area contributed by atoms with E-state index in [0.29, 0.717) is 43.3 Å². The van der Waals surface area contributed by atoms with Crippen LogP contribution in [0, 0.1) is 50.2 Å². The number of fused-ring (bicyclic) bond motifs is 7. The molecule has 2 saturated heterocycles. The van der Waals surface area contributed by atoms with E-state index >= 15 is 0 Å². The normalized spacial score (nSPS) is 49.5. The molecule has 1 spiro atoms. The predicted molar refractivity (Wildman–Crippen MR) is 157 cm³/mol. The zero-order valence-electron chi connectivity index (χ0n) is 26.6. The van der Waals surface area contributed by atoms with Gasteiger partial charge in [-0.1, -0.05) is 59.3 Å². The minimum absolute atomic E-state index is 0.000216. The zero-order valence-corrected chi connectivity index (χ0v) is 26.6. The average molecular weight is 569 g/mol. The molecule has 228 valence electrons. The number of carboxylic acid groups (broad SMARTS) is 1. The van der Waals surface area contributed by atoms with Gasteiger partial charge in [0.25, 0.3) is 0 Å². The fourth-order valence-electron chi connectivity index (χ4n) is 11.7. The maximum absolute atomic E-state index is 13.4. The molecular weight excluding hydrogens is 516 g/mol. The van der Waals surface area contributed by atoms with Crippen molar-refractivity contribution >= 4 is 11.9 Å². The molecule has 0 aromatic heterocycles. The molecule has 0 radical (unpaired) electrons. The van der Waals surface area contributed by atoms with E-state index in [0.717, 1.165) is 38.5 Å². The van der Waals surface area contributed by atoms with Crippen LogP contribution in [0.2, 0.25) is 0 Å². The van der Waals surface area contributed by atoms with Gasteiger partial charge in [0.1, 0.15) is 11.5 Å². The lowest BCUT2D eigenvalue weighted by atomic mass is 9.32. The van der Waals surface area contributed by atoms with E-state index in [4.69, 9.17) is 9.47 Å². The quantitative estimate of drug-likeness (QED) is 0.215. The van der Waals surface area contributed by atoms with Crippen LogP contribution in [0.15, 0.2) is 23.3 Å². The molecule has 2 N–H and O–H groups in total. The first-order valence-corrected chi connectivity index (χ1v) is 16.1. The predicted octanol–water partition coefficient (Wildman–Crippen LogP) is 7.06. The van der Waals surface area contributed by atoms with Gasteiger partial charge in [-0.2, -0.15) is 0 Å². The van der Waals surface area contributed by atoms with E-state index in [1.165, 1.54) is 5.57 Å². The van der Waals surface area contributed by atoms with Gasteiger partial charge >= 0.3 is 11.9 Å². The summed E-state index contributed by atoms with van der Waals surface area (Å²) in [4.78, 5) is 26.4. The highest BCUT2D eigenvalue weighted by Gasteiger charge is 2.75. The second-order valence-corrected chi connectivity index (χ2v) is 16.7. The largest absolute Gasteiger partial charge is 0.481 e. The minimum Gasteiger partial charge on any atom is -0.481 e. The molecular formula is C35H52O6. The Bertz CT molecular complexity index is 1220. The molecule has 2 bridgehead atoms. The molecule has 4 saturated carbocycles. The molecule has 0 aromatic carbocycles. The van der Waals surface area contributed by atoms with E-state index in [2.05, 4.69) is 47.6 Å². The summed E-state index contributed by atoms with van der Waals surface area (Å²) in [5.74, 6) is -1.60. The fourth-order valence-corrected chi connectivity index (χ4v) is 11.7. The number of ether oxygens (including phenoxy) is 2. The Kier molecular flexibility index (Phi) is 6.25. The van der Waals surface area contributed by atoms with Gasteiger partial charge in [0.05, 0.1) is 6.61 Å². The molecule has 9 atom stereocenters. The lowest BCUT2D eigenvalue weighted by Gasteiger charge is -2.74. The minimum atomic E-state index is -1.11. The van der Waals surface area contributed by atoms with Crippen LogP contribution in [-0.2, 0) is 19.1 Å². The third kappa shape index (κ3) is 3.50. The lowest BCUT2D eigenvalue weighted by Crippen LogP contribution is -2.73. The van der Waals surface area contributed by atoms with Gasteiger partial charge in [0.15, 0.2) is 5.79 Å². The average Bonchev–Trinajstić information content (AvgIpc) is 2.88. The first kappa shape index (κ1) is 29.4. The van der Waals surface area contributed by atoms with Gasteiger partial charge in [-0.25, -0.2) is 4.79 Å². The smallest absolute Gasteiger partial charge is 0.333 e. The van der Waals surface area contributed by atoms with Gasteiger partial charge in [-0.05, 0) is 93.3 Å². The Labute approximate surface area is 246 Å². The van der Waals surface area contributed by atoms with Gasteiger partial charge in [-0.3, -0.25) is 4.79 Å². The third-order valence-corrected chi connectivity index (χ3v) is 14.5. The molecule has 2 heterocycles. The molecule has 6 fully saturated rings. The standard InChI is InChI=1S/C35H52O6/c1-9-21(2)27(36)41-26-19-29(3,4)18-23-22-10-11-25-32(8,31(22,7)14-16-34(23,26)28(37)38)13-12-24-30(5,6)35(39)17-15-33(24,25)20-40-35/h9-10,23-26,39H,11-20H2,1-8H3,(H,37,38)/b21-9-/t23-,24-,25-,26+,31+,32+,33+,34-,35-/m0/s1. The Hall–Kier alpha value is -1.66. The maximum Gasteiger partial charge on any atom is 0.333 e. The summed E-state index contributed by atoms with van der Waals surface area (Å²) in [6.07, 6.45) is 10.9. The summed E-state index contributed by atoms with van der Waals surface area (Å²) in [5, 5.41) is 22.4. The summed E-state index contributed by atoms with van der Waals surface area (Å²) in [7, 11) is 0. The Morgan fingerprint density at radius 1 is 1.00 bits per heavy atom. The van der Waals surface area contributed by atoms with Crippen LogP contribution in [0.4, 0.5) is 0 Å². The van der Waals surface area contributed by atoms with Crippen molar-refractivity contribution in [3.8, 4) is 0 Å². The third-order valence-electron chi connectivity index (χ3n) is 14.5. The van der Waals surface area contributed by atoms with E-state index in [-0.39, 0.29) is 33.0 Å². The second-order valence-electron chi connectivity index (χ2n) is 16.7.